The number of rotatable bonds is 6. The highest BCUT2D eigenvalue weighted by atomic mass is 35.5. The molecule has 2 aromatic carbocycles. The molecule has 0 saturated heterocycles. The first kappa shape index (κ1) is 19.5. The average molecular weight is 401 g/mol. The Bertz CT molecular complexity index is 909. The van der Waals surface area contributed by atoms with E-state index in [4.69, 9.17) is 11.6 Å². The number of nitrogens with zero attached hydrogens (tertiary/aromatic N) is 4. The van der Waals surface area contributed by atoms with Gasteiger partial charge in [0.2, 0.25) is 5.91 Å². The third kappa shape index (κ3) is 4.34. The summed E-state index contributed by atoms with van der Waals surface area (Å²) in [7, 11) is 3.53. The Balaban J connectivity index is 1.97. The van der Waals surface area contributed by atoms with E-state index in [0.717, 1.165) is 17.0 Å². The minimum absolute atomic E-state index is 0.0184. The fraction of sp³-hybridized carbons (Fsp3) is 0.250. The van der Waals surface area contributed by atoms with Crippen LogP contribution in [0.5, 0.6) is 0 Å². The van der Waals surface area contributed by atoms with Crippen molar-refractivity contribution in [2.75, 3.05) is 14.1 Å². The maximum atomic E-state index is 12.8. The van der Waals surface area contributed by atoms with Crippen molar-refractivity contribution in [3.63, 3.8) is 0 Å². The molecule has 3 rings (SSSR count). The number of likely N-dealkylation sites (N-methyl/N-ethyl adjacent to an activating group) is 1. The Hall–Kier alpha value is -2.31. The zero-order chi connectivity index (χ0) is 19.4. The number of benzene rings is 2. The summed E-state index contributed by atoms with van der Waals surface area (Å²) in [6.07, 6.45) is 0. The van der Waals surface area contributed by atoms with Gasteiger partial charge in [-0.25, -0.2) is 0 Å². The zero-order valence-electron chi connectivity index (χ0n) is 15.5. The summed E-state index contributed by atoms with van der Waals surface area (Å²) in [6, 6.07) is 17.3. The van der Waals surface area contributed by atoms with E-state index in [1.807, 2.05) is 66.1 Å². The van der Waals surface area contributed by atoms with Crippen LogP contribution >= 0.6 is 23.4 Å². The molecule has 0 fully saturated rings. The normalized spacial score (nSPS) is 12.0. The minimum Gasteiger partial charge on any atom is -0.348 e. The Labute approximate surface area is 168 Å². The van der Waals surface area contributed by atoms with Crippen LogP contribution in [0.1, 0.15) is 17.7 Å². The second kappa shape index (κ2) is 8.59. The van der Waals surface area contributed by atoms with Crippen molar-refractivity contribution in [3.05, 3.63) is 65.2 Å². The molecule has 0 bridgehead atoms. The monoisotopic (exact) mass is 400 g/mol. The Morgan fingerprint density at radius 3 is 2.37 bits per heavy atom. The van der Waals surface area contributed by atoms with Gasteiger partial charge in [0.05, 0.1) is 0 Å². The van der Waals surface area contributed by atoms with Gasteiger partial charge < -0.3 is 9.47 Å². The molecule has 1 heterocycles. The first-order valence-corrected chi connectivity index (χ1v) is 9.89. The van der Waals surface area contributed by atoms with Crippen molar-refractivity contribution in [2.24, 2.45) is 0 Å². The van der Waals surface area contributed by atoms with Gasteiger partial charge in [0.1, 0.15) is 5.25 Å². The van der Waals surface area contributed by atoms with Gasteiger partial charge in [-0.05, 0) is 36.8 Å². The molecular weight excluding hydrogens is 380 g/mol. The van der Waals surface area contributed by atoms with E-state index in [1.165, 1.54) is 11.8 Å². The molecule has 1 amide bonds. The quantitative estimate of drug-likeness (QED) is 0.570. The van der Waals surface area contributed by atoms with Crippen LogP contribution in [-0.2, 0) is 11.3 Å². The van der Waals surface area contributed by atoms with Gasteiger partial charge in [-0.1, -0.05) is 53.7 Å². The summed E-state index contributed by atoms with van der Waals surface area (Å²) in [5.74, 6) is 0.783. The molecule has 7 heteroatoms. The largest absolute Gasteiger partial charge is 0.348 e. The lowest BCUT2D eigenvalue weighted by Gasteiger charge is -2.20. The van der Waals surface area contributed by atoms with Crippen molar-refractivity contribution < 1.29 is 4.79 Å². The van der Waals surface area contributed by atoms with E-state index in [1.54, 1.807) is 19.0 Å². The number of thioether (sulfide) groups is 1. The fourth-order valence-electron chi connectivity index (χ4n) is 2.70. The van der Waals surface area contributed by atoms with Gasteiger partial charge in [-0.15, -0.1) is 10.2 Å². The van der Waals surface area contributed by atoms with Crippen LogP contribution in [0.3, 0.4) is 0 Å². The Morgan fingerprint density at radius 1 is 1.11 bits per heavy atom. The molecule has 0 radical (unpaired) electrons. The lowest BCUT2D eigenvalue weighted by molar-refractivity contribution is -0.128. The number of halogens is 1. The predicted octanol–water partition coefficient (Wildman–Crippen LogP) is 4.54. The highest BCUT2D eigenvalue weighted by molar-refractivity contribution is 8.00. The molecule has 3 aromatic rings. The molecule has 5 nitrogen and oxygen atoms in total. The summed E-state index contributed by atoms with van der Waals surface area (Å²) in [5.41, 5.74) is 1.88. The summed E-state index contributed by atoms with van der Waals surface area (Å²) < 4.78 is 2.02. The smallest absolute Gasteiger partial charge is 0.240 e. The van der Waals surface area contributed by atoms with E-state index in [-0.39, 0.29) is 11.2 Å². The van der Waals surface area contributed by atoms with Crippen molar-refractivity contribution in [1.29, 1.82) is 0 Å². The maximum Gasteiger partial charge on any atom is 0.240 e. The summed E-state index contributed by atoms with van der Waals surface area (Å²) in [6.45, 7) is 2.74. The van der Waals surface area contributed by atoms with E-state index >= 15 is 0 Å². The van der Waals surface area contributed by atoms with E-state index in [9.17, 15) is 4.79 Å². The lowest BCUT2D eigenvalue weighted by atomic mass is 10.1. The molecule has 27 heavy (non-hydrogen) atoms. The van der Waals surface area contributed by atoms with Crippen LogP contribution in [0.15, 0.2) is 59.8 Å². The van der Waals surface area contributed by atoms with Crippen LogP contribution in [0.2, 0.25) is 5.02 Å². The first-order valence-electron chi connectivity index (χ1n) is 8.63. The van der Waals surface area contributed by atoms with Crippen molar-refractivity contribution in [3.8, 4) is 11.4 Å². The predicted molar refractivity (Wildman–Crippen MR) is 110 cm³/mol. The van der Waals surface area contributed by atoms with Crippen molar-refractivity contribution in [2.45, 2.75) is 23.9 Å². The average Bonchev–Trinajstić information content (AvgIpc) is 3.09. The van der Waals surface area contributed by atoms with Crippen LogP contribution in [0.25, 0.3) is 11.4 Å². The topological polar surface area (TPSA) is 51.0 Å². The van der Waals surface area contributed by atoms with Gasteiger partial charge in [0, 0.05) is 31.2 Å². The van der Waals surface area contributed by atoms with E-state index in [2.05, 4.69) is 10.2 Å². The third-order valence-corrected chi connectivity index (χ3v) is 5.60. The third-order valence-electron chi connectivity index (χ3n) is 4.13. The van der Waals surface area contributed by atoms with Gasteiger partial charge in [0.15, 0.2) is 11.0 Å². The molecule has 140 valence electrons. The number of hydrogen-bond acceptors (Lipinski definition) is 4. The number of carbonyl (C=O) groups is 1. The van der Waals surface area contributed by atoms with Crippen LogP contribution in [0.4, 0.5) is 0 Å². The number of carbonyl (C=O) groups excluding carboxylic acids is 1. The van der Waals surface area contributed by atoms with Crippen LogP contribution < -0.4 is 0 Å². The SMILES string of the molecule is CCn1c(S[C@@H](C(=O)N(C)C)c2ccccc2)nnc1-c1ccc(Cl)cc1. The van der Waals surface area contributed by atoms with Gasteiger partial charge in [-0.3, -0.25) is 4.79 Å². The fourth-order valence-corrected chi connectivity index (χ4v) is 4.07. The number of amides is 1. The molecule has 0 saturated carbocycles. The molecular formula is C20H21ClN4OS. The number of aromatic nitrogens is 3. The zero-order valence-corrected chi connectivity index (χ0v) is 17.0. The molecule has 0 unspecified atom stereocenters. The molecule has 1 aromatic heterocycles. The summed E-state index contributed by atoms with van der Waals surface area (Å²) >= 11 is 7.41. The molecule has 0 spiro atoms. The van der Waals surface area contributed by atoms with Crippen LogP contribution in [0, 0.1) is 0 Å². The molecule has 1 atom stereocenters. The highest BCUT2D eigenvalue weighted by Gasteiger charge is 2.26. The van der Waals surface area contributed by atoms with Crippen LogP contribution in [-0.4, -0.2) is 39.7 Å². The Kier molecular flexibility index (Phi) is 6.19. The Morgan fingerprint density at radius 2 is 1.78 bits per heavy atom. The van der Waals surface area contributed by atoms with Crippen molar-refractivity contribution in [1.82, 2.24) is 19.7 Å². The molecule has 0 N–H and O–H groups in total. The maximum absolute atomic E-state index is 12.8. The van der Waals surface area contributed by atoms with E-state index < -0.39 is 0 Å². The lowest BCUT2D eigenvalue weighted by Crippen LogP contribution is -2.27. The number of hydrogen-bond donors (Lipinski definition) is 0. The molecule has 0 aliphatic heterocycles. The summed E-state index contributed by atoms with van der Waals surface area (Å²) in [5, 5.41) is 9.74. The molecule has 0 aliphatic carbocycles. The standard InChI is InChI=1S/C20H21ClN4OS/c1-4-25-18(15-10-12-16(21)13-11-15)22-23-20(25)27-17(19(26)24(2)3)14-8-6-5-7-9-14/h5-13,17H,4H2,1-3H3/t17-/m1/s1. The first-order chi connectivity index (χ1) is 13.0. The minimum atomic E-state index is -0.381. The van der Waals surface area contributed by atoms with Crippen molar-refractivity contribution >= 4 is 29.3 Å². The highest BCUT2D eigenvalue weighted by Crippen LogP contribution is 2.37. The second-order valence-corrected chi connectivity index (χ2v) is 7.71. The summed E-state index contributed by atoms with van der Waals surface area (Å²) in [4.78, 5) is 14.4. The molecule has 0 aliphatic rings. The second-order valence-electron chi connectivity index (χ2n) is 6.20. The van der Waals surface area contributed by atoms with Gasteiger partial charge in [0.25, 0.3) is 0 Å². The van der Waals surface area contributed by atoms with E-state index in [0.29, 0.717) is 16.7 Å². The van der Waals surface area contributed by atoms with Gasteiger partial charge in [-0.2, -0.15) is 0 Å². The van der Waals surface area contributed by atoms with Gasteiger partial charge >= 0.3 is 0 Å².